The van der Waals surface area contributed by atoms with Crippen molar-refractivity contribution in [2.75, 3.05) is 0 Å². The van der Waals surface area contributed by atoms with Crippen molar-refractivity contribution in [1.82, 2.24) is 5.01 Å². The van der Waals surface area contributed by atoms with E-state index in [1.807, 2.05) is 0 Å². The maximum atomic E-state index is 11.2. The molecule has 7 nitrogen and oxygen atoms in total. The average molecular weight is 406 g/mol. The SMILES string of the molecule is CC1(C)S[C@H](C(Br)(Br)C(=O)O)N(N=O)[C@H]1C(=O)O. The van der Waals surface area contributed by atoms with Gasteiger partial charge in [-0.15, -0.1) is 16.7 Å². The first-order chi connectivity index (χ1) is 8.05. The van der Waals surface area contributed by atoms with Crippen LogP contribution in [0.15, 0.2) is 5.29 Å². The molecule has 1 heterocycles. The van der Waals surface area contributed by atoms with Gasteiger partial charge in [-0.25, -0.2) is 14.6 Å². The maximum Gasteiger partial charge on any atom is 0.334 e. The lowest BCUT2D eigenvalue weighted by Crippen LogP contribution is -2.49. The monoisotopic (exact) mass is 404 g/mol. The van der Waals surface area contributed by atoms with Gasteiger partial charge < -0.3 is 10.2 Å². The first kappa shape index (κ1) is 15.7. The number of aliphatic carboxylic acids is 2. The van der Waals surface area contributed by atoms with E-state index in [4.69, 9.17) is 10.2 Å². The van der Waals surface area contributed by atoms with E-state index in [1.165, 1.54) is 0 Å². The third kappa shape index (κ3) is 2.50. The summed E-state index contributed by atoms with van der Waals surface area (Å²) in [6.07, 6.45) is 0. The van der Waals surface area contributed by atoms with Crippen LogP contribution in [0.5, 0.6) is 0 Å². The number of alkyl halides is 2. The molecule has 2 atom stereocenters. The van der Waals surface area contributed by atoms with E-state index in [0.29, 0.717) is 0 Å². The van der Waals surface area contributed by atoms with Crippen molar-refractivity contribution >= 4 is 55.6 Å². The summed E-state index contributed by atoms with van der Waals surface area (Å²) in [6, 6.07) is -1.20. The smallest absolute Gasteiger partial charge is 0.334 e. The van der Waals surface area contributed by atoms with Crippen molar-refractivity contribution in [2.45, 2.75) is 33.2 Å². The molecule has 10 heteroatoms. The minimum Gasteiger partial charge on any atom is -0.480 e. The molecule has 0 radical (unpaired) electrons. The summed E-state index contributed by atoms with van der Waals surface area (Å²) in [4.78, 5) is 33.2. The maximum absolute atomic E-state index is 11.2. The summed E-state index contributed by atoms with van der Waals surface area (Å²) in [5.41, 5.74) is 0. The standard InChI is InChI=1S/C8H10Br2N2O5S/c1-7(2)3(4(13)14)12(11-17)5(18-7)8(9,10)6(15)16/h3,5H,1-2H3,(H,13,14)(H,15,16)/t3-,5+/m0/s1. The van der Waals surface area contributed by atoms with Crippen LogP contribution in [0.1, 0.15) is 13.8 Å². The zero-order valence-electron chi connectivity index (χ0n) is 9.33. The minimum atomic E-state index is -1.65. The Hall–Kier alpha value is -0.350. The van der Waals surface area contributed by atoms with E-state index in [0.717, 1.165) is 16.8 Å². The molecule has 0 saturated carbocycles. The van der Waals surface area contributed by atoms with Gasteiger partial charge in [-0.1, -0.05) is 31.9 Å². The van der Waals surface area contributed by atoms with E-state index < -0.39 is 31.3 Å². The van der Waals surface area contributed by atoms with Crippen LogP contribution in [0.4, 0.5) is 0 Å². The second-order valence-electron chi connectivity index (χ2n) is 4.20. The molecule has 18 heavy (non-hydrogen) atoms. The third-order valence-electron chi connectivity index (χ3n) is 2.50. The molecule has 0 aromatic heterocycles. The summed E-state index contributed by atoms with van der Waals surface area (Å²) >= 11 is 6.94. The largest absolute Gasteiger partial charge is 0.480 e. The average Bonchev–Trinajstić information content (AvgIpc) is 2.49. The number of rotatable bonds is 4. The number of carbonyl (C=O) groups is 2. The van der Waals surface area contributed by atoms with Crippen LogP contribution < -0.4 is 0 Å². The summed E-state index contributed by atoms with van der Waals surface area (Å²) in [7, 11) is 0. The number of carboxylic acid groups (broad SMARTS) is 2. The quantitative estimate of drug-likeness (QED) is 0.542. The Kier molecular flexibility index (Phi) is 4.34. The van der Waals surface area contributed by atoms with E-state index in [1.54, 1.807) is 13.8 Å². The summed E-state index contributed by atoms with van der Waals surface area (Å²) in [5.74, 6) is -2.49. The lowest BCUT2D eigenvalue weighted by molar-refractivity contribution is -0.145. The molecule has 0 amide bonds. The lowest BCUT2D eigenvalue weighted by Gasteiger charge is -2.28. The Morgan fingerprint density at radius 1 is 1.39 bits per heavy atom. The van der Waals surface area contributed by atoms with Crippen LogP contribution in [-0.2, 0) is 9.59 Å². The molecule has 0 spiro atoms. The molecular formula is C8H10Br2N2O5S. The van der Waals surface area contributed by atoms with Crippen molar-refractivity contribution in [3.05, 3.63) is 4.91 Å². The Bertz CT molecular complexity index is 403. The van der Waals surface area contributed by atoms with Crippen LogP contribution in [0.2, 0.25) is 0 Å². The second kappa shape index (κ2) is 4.97. The Labute approximate surface area is 123 Å². The molecule has 1 aliphatic heterocycles. The molecular weight excluding hydrogens is 396 g/mol. The molecule has 0 aliphatic carbocycles. The highest BCUT2D eigenvalue weighted by Crippen LogP contribution is 2.52. The van der Waals surface area contributed by atoms with Crippen LogP contribution in [0.25, 0.3) is 0 Å². The molecule has 1 fully saturated rings. The fourth-order valence-electron chi connectivity index (χ4n) is 1.71. The topological polar surface area (TPSA) is 107 Å². The normalized spacial score (nSPS) is 27.0. The summed E-state index contributed by atoms with van der Waals surface area (Å²) in [5, 5.41) is 20.7. The first-order valence-corrected chi connectivity index (χ1v) is 7.15. The van der Waals surface area contributed by atoms with Crippen LogP contribution in [0, 0.1) is 4.91 Å². The van der Waals surface area contributed by atoms with Crippen molar-refractivity contribution < 1.29 is 19.8 Å². The number of thioether (sulfide) groups is 1. The van der Waals surface area contributed by atoms with Crippen LogP contribution in [0.3, 0.4) is 0 Å². The highest BCUT2D eigenvalue weighted by Gasteiger charge is 2.60. The van der Waals surface area contributed by atoms with E-state index in [-0.39, 0.29) is 0 Å². The molecule has 0 aromatic carbocycles. The van der Waals surface area contributed by atoms with Gasteiger partial charge >= 0.3 is 11.9 Å². The van der Waals surface area contributed by atoms with E-state index >= 15 is 0 Å². The van der Waals surface area contributed by atoms with Gasteiger partial charge in [0.15, 0.2) is 6.04 Å². The highest BCUT2D eigenvalue weighted by atomic mass is 79.9. The van der Waals surface area contributed by atoms with Crippen molar-refractivity contribution in [2.24, 2.45) is 5.29 Å². The number of hydrogen-bond donors (Lipinski definition) is 2. The number of nitroso groups, excluding NO2 is 1. The summed E-state index contributed by atoms with van der Waals surface area (Å²) < 4.78 is -2.51. The van der Waals surface area contributed by atoms with Gasteiger partial charge in [0.1, 0.15) is 5.37 Å². The molecule has 0 bridgehead atoms. The van der Waals surface area contributed by atoms with Gasteiger partial charge in [0, 0.05) is 4.75 Å². The fourth-order valence-corrected chi connectivity index (χ4v) is 4.12. The molecule has 1 saturated heterocycles. The molecule has 1 rings (SSSR count). The number of halogens is 2. The van der Waals surface area contributed by atoms with Gasteiger partial charge in [0.25, 0.3) is 0 Å². The lowest BCUT2D eigenvalue weighted by atomic mass is 10.0. The molecule has 2 N–H and O–H groups in total. The first-order valence-electron chi connectivity index (χ1n) is 4.69. The van der Waals surface area contributed by atoms with Gasteiger partial charge in [-0.2, -0.15) is 0 Å². The zero-order valence-corrected chi connectivity index (χ0v) is 13.3. The van der Waals surface area contributed by atoms with Crippen LogP contribution >= 0.6 is 43.6 Å². The molecule has 0 aromatic rings. The van der Waals surface area contributed by atoms with Gasteiger partial charge in [-0.05, 0) is 13.8 Å². The Balaban J connectivity index is 3.22. The van der Waals surface area contributed by atoms with E-state index in [9.17, 15) is 14.5 Å². The highest BCUT2D eigenvalue weighted by molar-refractivity contribution is 9.26. The van der Waals surface area contributed by atoms with Gasteiger partial charge in [0.05, 0.1) is 5.29 Å². The zero-order chi connectivity index (χ0) is 14.3. The Morgan fingerprint density at radius 2 is 1.89 bits per heavy atom. The Morgan fingerprint density at radius 3 is 2.22 bits per heavy atom. The van der Waals surface area contributed by atoms with Crippen molar-refractivity contribution in [3.8, 4) is 0 Å². The van der Waals surface area contributed by atoms with Crippen molar-refractivity contribution in [3.63, 3.8) is 0 Å². The number of carboxylic acids is 2. The molecule has 1 aliphatic rings. The predicted molar refractivity (Wildman–Crippen MR) is 72.7 cm³/mol. The third-order valence-corrected chi connectivity index (χ3v) is 6.28. The number of hydrogen-bond acceptors (Lipinski definition) is 5. The fraction of sp³-hybridized carbons (Fsp3) is 0.750. The van der Waals surface area contributed by atoms with E-state index in [2.05, 4.69) is 37.1 Å². The number of nitrogens with zero attached hydrogens (tertiary/aromatic N) is 2. The summed E-state index contributed by atoms with van der Waals surface area (Å²) in [6.45, 7) is 3.24. The second-order valence-corrected chi connectivity index (χ2v) is 9.50. The predicted octanol–water partition coefficient (Wildman–Crippen LogP) is 1.85. The van der Waals surface area contributed by atoms with Crippen molar-refractivity contribution in [1.29, 1.82) is 0 Å². The van der Waals surface area contributed by atoms with Gasteiger partial charge in [0.2, 0.25) is 3.23 Å². The van der Waals surface area contributed by atoms with Gasteiger partial charge in [-0.3, -0.25) is 0 Å². The minimum absolute atomic E-state index is 0.755. The van der Waals surface area contributed by atoms with Crippen LogP contribution in [-0.4, -0.2) is 46.6 Å². The molecule has 0 unspecified atom stereocenters. The molecule has 102 valence electrons.